The van der Waals surface area contributed by atoms with Gasteiger partial charge in [0, 0.05) is 16.5 Å². The molecule has 2 aromatic heterocycles. The Balaban J connectivity index is 2.59. The van der Waals surface area contributed by atoms with Crippen LogP contribution in [0.15, 0.2) is 17.9 Å². The van der Waals surface area contributed by atoms with Crippen molar-refractivity contribution in [2.75, 3.05) is 0 Å². The number of aromatic nitrogens is 3. The van der Waals surface area contributed by atoms with Crippen LogP contribution in [-0.4, -0.2) is 14.3 Å². The number of nitrogens with zero attached hydrogens (tertiary/aromatic N) is 3. The second-order valence-corrected chi connectivity index (χ2v) is 3.57. The normalized spacial score (nSPS) is 10.3. The molecule has 0 aliphatic carbocycles. The maximum absolute atomic E-state index is 5.86. The van der Waals surface area contributed by atoms with Crippen molar-refractivity contribution in [1.29, 1.82) is 0 Å². The van der Waals surface area contributed by atoms with Gasteiger partial charge in [0.15, 0.2) is 0 Å². The molecule has 0 radical (unpaired) electrons. The van der Waals surface area contributed by atoms with Crippen LogP contribution in [0.2, 0.25) is 5.15 Å². The monoisotopic (exact) mass is 211 g/mol. The maximum atomic E-state index is 5.86. The van der Waals surface area contributed by atoms with E-state index in [1.165, 1.54) is 17.9 Å². The van der Waals surface area contributed by atoms with Crippen LogP contribution in [-0.2, 0) is 0 Å². The van der Waals surface area contributed by atoms with Crippen molar-refractivity contribution >= 4 is 23.1 Å². The lowest BCUT2D eigenvalue weighted by Crippen LogP contribution is -1.90. The van der Waals surface area contributed by atoms with E-state index in [1.54, 1.807) is 6.20 Å². The zero-order valence-corrected chi connectivity index (χ0v) is 8.43. The van der Waals surface area contributed by atoms with E-state index in [1.807, 2.05) is 12.3 Å². The van der Waals surface area contributed by atoms with Gasteiger partial charge in [0.05, 0.1) is 11.9 Å². The van der Waals surface area contributed by atoms with Gasteiger partial charge in [-0.1, -0.05) is 11.6 Å². The minimum Gasteiger partial charge on any atom is -0.236 e. The molecule has 66 valence electrons. The average molecular weight is 212 g/mol. The highest BCUT2D eigenvalue weighted by Gasteiger charge is 2.07. The molecule has 0 aromatic carbocycles. The third-order valence-corrected chi connectivity index (χ3v) is 2.70. The zero-order chi connectivity index (χ0) is 9.26. The molecule has 0 bridgehead atoms. The minimum atomic E-state index is 0.496. The summed E-state index contributed by atoms with van der Waals surface area (Å²) in [7, 11) is 0. The second kappa shape index (κ2) is 3.40. The Morgan fingerprint density at radius 1 is 1.38 bits per heavy atom. The highest BCUT2D eigenvalue weighted by molar-refractivity contribution is 7.03. The minimum absolute atomic E-state index is 0.496. The zero-order valence-electron chi connectivity index (χ0n) is 6.86. The van der Waals surface area contributed by atoms with Gasteiger partial charge >= 0.3 is 0 Å². The first-order valence-corrected chi connectivity index (χ1v) is 4.87. The molecule has 0 N–H and O–H groups in total. The Labute approximate surface area is 84.6 Å². The highest BCUT2D eigenvalue weighted by Crippen LogP contribution is 2.24. The van der Waals surface area contributed by atoms with Crippen LogP contribution in [0.1, 0.15) is 5.56 Å². The average Bonchev–Trinajstić information content (AvgIpc) is 2.62. The Morgan fingerprint density at radius 3 is 2.92 bits per heavy atom. The topological polar surface area (TPSA) is 38.7 Å². The standard InChI is InChI=1S/C8H6ClN3S/c1-5-7(6-2-12-13-3-6)10-4-11-8(5)9/h2-4H,1H3. The lowest BCUT2D eigenvalue weighted by molar-refractivity contribution is 1.13. The van der Waals surface area contributed by atoms with Crippen LogP contribution >= 0.6 is 23.1 Å². The summed E-state index contributed by atoms with van der Waals surface area (Å²) in [4.78, 5) is 8.04. The van der Waals surface area contributed by atoms with Gasteiger partial charge in [-0.05, 0) is 18.5 Å². The molecule has 5 heteroatoms. The number of hydrogen-bond acceptors (Lipinski definition) is 4. The van der Waals surface area contributed by atoms with Crippen molar-refractivity contribution in [3.63, 3.8) is 0 Å². The third-order valence-electron chi connectivity index (χ3n) is 1.73. The predicted molar refractivity (Wildman–Crippen MR) is 52.9 cm³/mol. The molecule has 0 aliphatic heterocycles. The summed E-state index contributed by atoms with van der Waals surface area (Å²) in [6.45, 7) is 1.90. The van der Waals surface area contributed by atoms with Gasteiger partial charge in [0.1, 0.15) is 11.5 Å². The summed E-state index contributed by atoms with van der Waals surface area (Å²) < 4.78 is 4.01. The fraction of sp³-hybridized carbons (Fsp3) is 0.125. The lowest BCUT2D eigenvalue weighted by atomic mass is 10.2. The first kappa shape index (κ1) is 8.59. The van der Waals surface area contributed by atoms with E-state index in [9.17, 15) is 0 Å². The quantitative estimate of drug-likeness (QED) is 0.681. The van der Waals surface area contributed by atoms with E-state index in [4.69, 9.17) is 11.6 Å². The van der Waals surface area contributed by atoms with E-state index in [0.29, 0.717) is 5.15 Å². The molecule has 0 spiro atoms. The van der Waals surface area contributed by atoms with Crippen molar-refractivity contribution in [3.05, 3.63) is 28.6 Å². The molecular weight excluding hydrogens is 206 g/mol. The van der Waals surface area contributed by atoms with E-state index in [2.05, 4.69) is 14.3 Å². The third kappa shape index (κ3) is 1.55. The van der Waals surface area contributed by atoms with Crippen LogP contribution < -0.4 is 0 Å². The Morgan fingerprint density at radius 2 is 2.23 bits per heavy atom. The smallest absolute Gasteiger partial charge is 0.135 e. The fourth-order valence-corrected chi connectivity index (χ4v) is 1.70. The van der Waals surface area contributed by atoms with E-state index in [0.717, 1.165) is 16.8 Å². The SMILES string of the molecule is Cc1c(Cl)ncnc1-c1cnsc1. The van der Waals surface area contributed by atoms with Gasteiger partial charge in [-0.2, -0.15) is 0 Å². The number of halogens is 1. The molecule has 0 fully saturated rings. The van der Waals surface area contributed by atoms with Crippen molar-refractivity contribution in [2.45, 2.75) is 6.92 Å². The first-order chi connectivity index (χ1) is 6.29. The van der Waals surface area contributed by atoms with Crippen LogP contribution in [0.5, 0.6) is 0 Å². The van der Waals surface area contributed by atoms with E-state index < -0.39 is 0 Å². The molecule has 0 saturated carbocycles. The molecule has 0 saturated heterocycles. The molecule has 2 heterocycles. The summed E-state index contributed by atoms with van der Waals surface area (Å²) in [5.41, 5.74) is 2.74. The summed E-state index contributed by atoms with van der Waals surface area (Å²) in [5.74, 6) is 0. The molecule has 2 rings (SSSR count). The molecule has 3 nitrogen and oxygen atoms in total. The summed E-state index contributed by atoms with van der Waals surface area (Å²) in [6.07, 6.45) is 3.23. The van der Waals surface area contributed by atoms with Gasteiger partial charge in [-0.25, -0.2) is 14.3 Å². The van der Waals surface area contributed by atoms with E-state index >= 15 is 0 Å². The summed E-state index contributed by atoms with van der Waals surface area (Å²) in [5, 5.41) is 2.43. The summed E-state index contributed by atoms with van der Waals surface area (Å²) >= 11 is 7.26. The molecule has 2 aromatic rings. The fourth-order valence-electron chi connectivity index (χ4n) is 1.04. The lowest BCUT2D eigenvalue weighted by Gasteiger charge is -2.01. The highest BCUT2D eigenvalue weighted by atomic mass is 35.5. The Hall–Kier alpha value is -1.00. The first-order valence-electron chi connectivity index (χ1n) is 3.66. The van der Waals surface area contributed by atoms with Crippen LogP contribution in [0, 0.1) is 6.92 Å². The Kier molecular flexibility index (Phi) is 2.24. The molecule has 0 unspecified atom stereocenters. The molecular formula is C8H6ClN3S. The van der Waals surface area contributed by atoms with Crippen LogP contribution in [0.4, 0.5) is 0 Å². The van der Waals surface area contributed by atoms with Gasteiger partial charge < -0.3 is 0 Å². The predicted octanol–water partition coefficient (Wildman–Crippen LogP) is 2.56. The molecule has 0 atom stereocenters. The Bertz CT molecular complexity index is 413. The second-order valence-electron chi connectivity index (χ2n) is 2.55. The van der Waals surface area contributed by atoms with Gasteiger partial charge in [0.2, 0.25) is 0 Å². The van der Waals surface area contributed by atoms with Gasteiger partial charge in [0.25, 0.3) is 0 Å². The van der Waals surface area contributed by atoms with Gasteiger partial charge in [-0.3, -0.25) is 0 Å². The van der Waals surface area contributed by atoms with Crippen LogP contribution in [0.25, 0.3) is 11.3 Å². The van der Waals surface area contributed by atoms with Crippen LogP contribution in [0.3, 0.4) is 0 Å². The maximum Gasteiger partial charge on any atom is 0.135 e. The number of hydrogen-bond donors (Lipinski definition) is 0. The van der Waals surface area contributed by atoms with E-state index in [-0.39, 0.29) is 0 Å². The van der Waals surface area contributed by atoms with Crippen molar-refractivity contribution in [1.82, 2.24) is 14.3 Å². The molecule has 13 heavy (non-hydrogen) atoms. The summed E-state index contributed by atoms with van der Waals surface area (Å²) in [6, 6.07) is 0. The van der Waals surface area contributed by atoms with Crippen molar-refractivity contribution in [3.8, 4) is 11.3 Å². The number of rotatable bonds is 1. The molecule has 0 aliphatic rings. The molecule has 0 amide bonds. The van der Waals surface area contributed by atoms with Crippen molar-refractivity contribution < 1.29 is 0 Å². The van der Waals surface area contributed by atoms with Crippen molar-refractivity contribution in [2.24, 2.45) is 0 Å². The largest absolute Gasteiger partial charge is 0.236 e. The van der Waals surface area contributed by atoms with Gasteiger partial charge in [-0.15, -0.1) is 0 Å².